The van der Waals surface area contributed by atoms with E-state index in [1.165, 1.54) is 49.9 Å². The first-order valence-corrected chi connectivity index (χ1v) is 6.11. The molecule has 0 spiro atoms. The summed E-state index contributed by atoms with van der Waals surface area (Å²) in [4.78, 5) is 0. The minimum atomic E-state index is 0.473. The zero-order chi connectivity index (χ0) is 10.1. The van der Waals surface area contributed by atoms with Crippen LogP contribution in [0, 0.1) is 0 Å². The molecule has 1 aromatic heterocycles. The van der Waals surface area contributed by atoms with Gasteiger partial charge in [0.2, 0.25) is 0 Å². The van der Waals surface area contributed by atoms with Gasteiger partial charge in [-0.05, 0) is 38.6 Å². The van der Waals surface area contributed by atoms with Gasteiger partial charge in [0.1, 0.15) is 5.69 Å². The molecule has 0 amide bonds. The lowest BCUT2D eigenvalue weighted by molar-refractivity contribution is 0.400. The van der Waals surface area contributed by atoms with Crippen molar-refractivity contribution in [2.45, 2.75) is 51.1 Å². The molecule has 1 fully saturated rings. The third-order valence-electron chi connectivity index (χ3n) is 3.54. The molecule has 3 rings (SSSR count). The van der Waals surface area contributed by atoms with E-state index in [1.807, 2.05) is 0 Å². The van der Waals surface area contributed by atoms with Crippen molar-refractivity contribution in [2.24, 2.45) is 0 Å². The van der Waals surface area contributed by atoms with Crippen LogP contribution in [-0.4, -0.2) is 21.5 Å². The van der Waals surface area contributed by atoms with E-state index in [-0.39, 0.29) is 0 Å². The minimum Gasteiger partial charge on any atom is -0.309 e. The Kier molecular flexibility index (Phi) is 2.44. The first-order valence-electron chi connectivity index (χ1n) is 6.11. The number of rotatable bonds is 1. The molecule has 4 nitrogen and oxygen atoms in total. The number of aromatic nitrogens is 3. The maximum Gasteiger partial charge on any atom is 0.103 e. The second-order valence-corrected chi connectivity index (χ2v) is 4.60. The van der Waals surface area contributed by atoms with Crippen molar-refractivity contribution in [3.05, 3.63) is 11.4 Å². The zero-order valence-corrected chi connectivity index (χ0v) is 9.08. The van der Waals surface area contributed by atoms with E-state index in [1.54, 1.807) is 0 Å². The third kappa shape index (κ3) is 1.67. The van der Waals surface area contributed by atoms with Gasteiger partial charge in [-0.15, -0.1) is 5.10 Å². The smallest absolute Gasteiger partial charge is 0.103 e. The van der Waals surface area contributed by atoms with Crippen LogP contribution in [0.25, 0.3) is 0 Å². The summed E-state index contributed by atoms with van der Waals surface area (Å²) in [5, 5.41) is 12.2. The standard InChI is InChI=1S/C11H18N4/c1-3-7-12-9(5-1)11-10-6-2-4-8-15(10)14-13-11/h9,12H,1-8H2. The fourth-order valence-electron chi connectivity index (χ4n) is 2.69. The van der Waals surface area contributed by atoms with Gasteiger partial charge < -0.3 is 5.32 Å². The highest BCUT2D eigenvalue weighted by Crippen LogP contribution is 2.26. The van der Waals surface area contributed by atoms with Crippen molar-refractivity contribution >= 4 is 0 Å². The summed E-state index contributed by atoms with van der Waals surface area (Å²) in [6.45, 7) is 2.20. The minimum absolute atomic E-state index is 0.473. The van der Waals surface area contributed by atoms with Crippen LogP contribution in [0.2, 0.25) is 0 Å². The summed E-state index contributed by atoms with van der Waals surface area (Å²) in [5.74, 6) is 0. The van der Waals surface area contributed by atoms with Crippen molar-refractivity contribution < 1.29 is 0 Å². The van der Waals surface area contributed by atoms with E-state index in [4.69, 9.17) is 0 Å². The molecule has 0 aliphatic carbocycles. The van der Waals surface area contributed by atoms with E-state index in [0.29, 0.717) is 6.04 Å². The first kappa shape index (κ1) is 9.33. The molecular weight excluding hydrogens is 188 g/mol. The van der Waals surface area contributed by atoms with Gasteiger partial charge in [0.15, 0.2) is 0 Å². The fourth-order valence-corrected chi connectivity index (χ4v) is 2.69. The van der Waals surface area contributed by atoms with Crippen molar-refractivity contribution in [2.75, 3.05) is 6.54 Å². The molecule has 15 heavy (non-hydrogen) atoms. The van der Waals surface area contributed by atoms with Crippen LogP contribution >= 0.6 is 0 Å². The highest BCUT2D eigenvalue weighted by Gasteiger charge is 2.24. The van der Waals surface area contributed by atoms with E-state index < -0.39 is 0 Å². The molecule has 0 aromatic carbocycles. The third-order valence-corrected chi connectivity index (χ3v) is 3.54. The highest BCUT2D eigenvalue weighted by atomic mass is 15.4. The lowest BCUT2D eigenvalue weighted by Gasteiger charge is -2.23. The van der Waals surface area contributed by atoms with E-state index in [2.05, 4.69) is 20.3 Å². The van der Waals surface area contributed by atoms with Crippen LogP contribution in [0.4, 0.5) is 0 Å². The number of hydrogen-bond donors (Lipinski definition) is 1. The molecule has 0 saturated carbocycles. The van der Waals surface area contributed by atoms with Gasteiger partial charge in [-0.3, -0.25) is 0 Å². The SMILES string of the molecule is C1CCC(c2nnn3c2CCCC3)NC1. The average Bonchev–Trinajstić information content (AvgIpc) is 2.74. The Balaban J connectivity index is 1.87. The van der Waals surface area contributed by atoms with Crippen molar-refractivity contribution in [1.82, 2.24) is 20.3 Å². The Morgan fingerprint density at radius 2 is 2.20 bits per heavy atom. The number of nitrogens with zero attached hydrogens (tertiary/aromatic N) is 3. The van der Waals surface area contributed by atoms with E-state index in [9.17, 15) is 0 Å². The van der Waals surface area contributed by atoms with Crippen LogP contribution < -0.4 is 5.32 Å². The van der Waals surface area contributed by atoms with Crippen LogP contribution in [0.5, 0.6) is 0 Å². The molecular formula is C11H18N4. The maximum absolute atomic E-state index is 4.37. The van der Waals surface area contributed by atoms with Gasteiger partial charge >= 0.3 is 0 Å². The monoisotopic (exact) mass is 206 g/mol. The van der Waals surface area contributed by atoms with E-state index >= 15 is 0 Å². The number of hydrogen-bond acceptors (Lipinski definition) is 3. The Morgan fingerprint density at radius 3 is 3.07 bits per heavy atom. The molecule has 2 aliphatic rings. The van der Waals surface area contributed by atoms with Crippen LogP contribution in [-0.2, 0) is 13.0 Å². The molecule has 3 heterocycles. The summed E-state index contributed by atoms with van der Waals surface area (Å²) in [7, 11) is 0. The number of aryl methyl sites for hydroxylation is 1. The maximum atomic E-state index is 4.37. The molecule has 1 atom stereocenters. The van der Waals surface area contributed by atoms with Crippen LogP contribution in [0.3, 0.4) is 0 Å². The fraction of sp³-hybridized carbons (Fsp3) is 0.818. The first-order chi connectivity index (χ1) is 7.45. The Morgan fingerprint density at radius 1 is 1.20 bits per heavy atom. The van der Waals surface area contributed by atoms with Crippen molar-refractivity contribution in [3.63, 3.8) is 0 Å². The predicted molar refractivity (Wildman–Crippen MR) is 57.6 cm³/mol. The second kappa shape index (κ2) is 3.93. The summed E-state index contributed by atoms with van der Waals surface area (Å²) in [5.41, 5.74) is 2.62. The summed E-state index contributed by atoms with van der Waals surface area (Å²) < 4.78 is 2.11. The summed E-state index contributed by atoms with van der Waals surface area (Å²) in [6.07, 6.45) is 7.58. The number of nitrogens with one attached hydrogen (secondary N) is 1. The molecule has 0 radical (unpaired) electrons. The number of piperidine rings is 1. The zero-order valence-electron chi connectivity index (χ0n) is 9.08. The average molecular weight is 206 g/mol. The number of fused-ring (bicyclic) bond motifs is 1. The predicted octanol–water partition coefficient (Wildman–Crippen LogP) is 1.43. The Bertz CT molecular complexity index is 338. The molecule has 1 N–H and O–H groups in total. The van der Waals surface area contributed by atoms with Crippen LogP contribution in [0.1, 0.15) is 49.5 Å². The van der Waals surface area contributed by atoms with Crippen molar-refractivity contribution in [3.8, 4) is 0 Å². The van der Waals surface area contributed by atoms with Gasteiger partial charge in [-0.1, -0.05) is 11.6 Å². The molecule has 1 aromatic rings. The van der Waals surface area contributed by atoms with Gasteiger partial charge in [0.05, 0.1) is 11.7 Å². The Labute approximate surface area is 90.0 Å². The Hall–Kier alpha value is -0.900. The quantitative estimate of drug-likeness (QED) is 0.756. The second-order valence-electron chi connectivity index (χ2n) is 4.60. The summed E-state index contributed by atoms with van der Waals surface area (Å²) >= 11 is 0. The molecule has 1 saturated heterocycles. The molecule has 2 aliphatic heterocycles. The molecule has 0 bridgehead atoms. The van der Waals surface area contributed by atoms with Gasteiger partial charge in [-0.25, -0.2) is 4.68 Å². The highest BCUT2D eigenvalue weighted by molar-refractivity contribution is 5.16. The van der Waals surface area contributed by atoms with Crippen LogP contribution in [0.15, 0.2) is 0 Å². The molecule has 4 heteroatoms. The molecule has 1 unspecified atom stereocenters. The van der Waals surface area contributed by atoms with Gasteiger partial charge in [0.25, 0.3) is 0 Å². The largest absolute Gasteiger partial charge is 0.309 e. The van der Waals surface area contributed by atoms with Crippen molar-refractivity contribution in [1.29, 1.82) is 0 Å². The lowest BCUT2D eigenvalue weighted by atomic mass is 9.98. The summed E-state index contributed by atoms with van der Waals surface area (Å²) in [6, 6.07) is 0.473. The van der Waals surface area contributed by atoms with Gasteiger partial charge in [0, 0.05) is 6.54 Å². The van der Waals surface area contributed by atoms with Gasteiger partial charge in [-0.2, -0.15) is 0 Å². The lowest BCUT2D eigenvalue weighted by Crippen LogP contribution is -2.28. The van der Waals surface area contributed by atoms with E-state index in [0.717, 1.165) is 13.1 Å². The molecule has 82 valence electrons. The normalized spacial score (nSPS) is 26.3. The topological polar surface area (TPSA) is 42.7 Å².